The van der Waals surface area contributed by atoms with Crippen LogP contribution in [0.2, 0.25) is 0 Å². The van der Waals surface area contributed by atoms with E-state index in [0.717, 1.165) is 21.9 Å². The van der Waals surface area contributed by atoms with Gasteiger partial charge >= 0.3 is 0 Å². The number of hydrogen-bond acceptors (Lipinski definition) is 4. The zero-order valence-corrected chi connectivity index (χ0v) is 14.3. The van der Waals surface area contributed by atoms with E-state index in [9.17, 15) is 4.79 Å². The number of nitrogens with one attached hydrogen (secondary N) is 1. The van der Waals surface area contributed by atoms with Crippen LogP contribution in [0.5, 0.6) is 5.75 Å². The minimum absolute atomic E-state index is 0.116. The van der Waals surface area contributed by atoms with Gasteiger partial charge in [0.1, 0.15) is 11.8 Å². The van der Waals surface area contributed by atoms with E-state index in [-0.39, 0.29) is 11.9 Å². The van der Waals surface area contributed by atoms with E-state index in [1.165, 1.54) is 11.3 Å². The predicted molar refractivity (Wildman–Crippen MR) is 95.6 cm³/mol. The van der Waals surface area contributed by atoms with Crippen molar-refractivity contribution < 1.29 is 9.53 Å². The Morgan fingerprint density at radius 2 is 1.92 bits per heavy atom. The number of benzene rings is 1. The molecule has 1 atom stereocenters. The highest BCUT2D eigenvalue weighted by Crippen LogP contribution is 2.29. The van der Waals surface area contributed by atoms with Gasteiger partial charge in [-0.15, -0.1) is 11.3 Å². The van der Waals surface area contributed by atoms with E-state index >= 15 is 0 Å². The molecule has 0 aliphatic heterocycles. The third kappa shape index (κ3) is 3.46. The molecule has 5 heteroatoms. The van der Waals surface area contributed by atoms with Crippen LogP contribution >= 0.6 is 11.3 Å². The Hall–Kier alpha value is -2.66. The van der Waals surface area contributed by atoms with Crippen molar-refractivity contribution >= 4 is 17.2 Å². The number of aryl methyl sites for hydroxylation is 1. The number of nitrogens with zero attached hydrogens (tertiary/aromatic N) is 1. The summed E-state index contributed by atoms with van der Waals surface area (Å²) in [6.07, 6.45) is 1.72. The zero-order chi connectivity index (χ0) is 16.9. The summed E-state index contributed by atoms with van der Waals surface area (Å²) in [7, 11) is 1.62. The lowest BCUT2D eigenvalue weighted by Gasteiger charge is -2.20. The molecule has 0 aliphatic rings. The van der Waals surface area contributed by atoms with E-state index < -0.39 is 0 Å². The fourth-order valence-corrected chi connectivity index (χ4v) is 3.29. The number of pyridine rings is 1. The molecule has 0 fully saturated rings. The molecule has 4 nitrogen and oxygen atoms in total. The van der Waals surface area contributed by atoms with Crippen molar-refractivity contribution in [2.45, 2.75) is 13.0 Å². The van der Waals surface area contributed by atoms with E-state index in [1.54, 1.807) is 13.3 Å². The summed E-state index contributed by atoms with van der Waals surface area (Å²) >= 11 is 1.47. The van der Waals surface area contributed by atoms with Crippen molar-refractivity contribution in [1.82, 2.24) is 10.3 Å². The highest BCUT2D eigenvalue weighted by Gasteiger charge is 2.22. The monoisotopic (exact) mass is 338 g/mol. The summed E-state index contributed by atoms with van der Waals surface area (Å²) < 4.78 is 5.46. The number of rotatable bonds is 5. The second-order valence-electron chi connectivity index (χ2n) is 5.31. The lowest BCUT2D eigenvalue weighted by atomic mass is 10.0. The Bertz CT molecular complexity index is 830. The highest BCUT2D eigenvalue weighted by atomic mass is 32.1. The number of amides is 1. The van der Waals surface area contributed by atoms with E-state index in [0.29, 0.717) is 4.88 Å². The number of carbonyl (C=O) groups excluding carboxylic acids is 1. The molecular formula is C19H18N2O2S. The van der Waals surface area contributed by atoms with Gasteiger partial charge in [-0.05, 0) is 37.3 Å². The Morgan fingerprint density at radius 3 is 2.58 bits per heavy atom. The summed E-state index contributed by atoms with van der Waals surface area (Å²) in [5.74, 6) is 0.602. The molecule has 2 aromatic heterocycles. The lowest BCUT2D eigenvalue weighted by Crippen LogP contribution is -2.29. The number of hydrogen-bond donors (Lipinski definition) is 1. The average Bonchev–Trinajstić information content (AvgIpc) is 3.07. The first-order valence-electron chi connectivity index (χ1n) is 7.60. The van der Waals surface area contributed by atoms with Crippen LogP contribution in [0.3, 0.4) is 0 Å². The summed E-state index contributed by atoms with van der Waals surface area (Å²) in [5.41, 5.74) is 1.64. The fraction of sp³-hybridized carbons (Fsp3) is 0.158. The van der Waals surface area contributed by atoms with Crippen LogP contribution in [-0.2, 0) is 0 Å². The van der Waals surface area contributed by atoms with E-state index in [2.05, 4.69) is 10.3 Å². The molecule has 0 aliphatic carbocycles. The van der Waals surface area contributed by atoms with Crippen molar-refractivity contribution in [2.75, 3.05) is 7.11 Å². The van der Waals surface area contributed by atoms with Gasteiger partial charge in [0.05, 0.1) is 17.7 Å². The molecule has 0 bridgehead atoms. The van der Waals surface area contributed by atoms with Crippen LogP contribution in [0.15, 0.2) is 60.8 Å². The maximum atomic E-state index is 12.6. The zero-order valence-electron chi connectivity index (χ0n) is 13.5. The van der Waals surface area contributed by atoms with Crippen molar-refractivity contribution in [2.24, 2.45) is 0 Å². The first-order chi connectivity index (χ1) is 11.7. The smallest absolute Gasteiger partial charge is 0.262 e. The third-order valence-electron chi connectivity index (χ3n) is 3.67. The summed E-state index contributed by atoms with van der Waals surface area (Å²) in [4.78, 5) is 18.8. The predicted octanol–water partition coefficient (Wildman–Crippen LogP) is 3.98. The molecule has 3 aromatic rings. The minimum Gasteiger partial charge on any atom is -0.496 e. The van der Waals surface area contributed by atoms with Gasteiger partial charge in [0.2, 0.25) is 0 Å². The van der Waals surface area contributed by atoms with Crippen molar-refractivity contribution in [3.63, 3.8) is 0 Å². The molecule has 2 heterocycles. The fourth-order valence-electron chi connectivity index (χ4n) is 2.52. The average molecular weight is 338 g/mol. The van der Waals surface area contributed by atoms with Gasteiger partial charge in [0, 0.05) is 16.6 Å². The minimum atomic E-state index is -0.378. The molecule has 3 rings (SSSR count). The van der Waals surface area contributed by atoms with Crippen LogP contribution in [0.1, 0.15) is 31.8 Å². The molecule has 1 N–H and O–H groups in total. The largest absolute Gasteiger partial charge is 0.496 e. The summed E-state index contributed by atoms with van der Waals surface area (Å²) in [5, 5.41) is 3.08. The molecule has 1 aromatic carbocycles. The molecule has 24 heavy (non-hydrogen) atoms. The van der Waals surface area contributed by atoms with Crippen LogP contribution in [-0.4, -0.2) is 18.0 Å². The number of ether oxygens (including phenoxy) is 1. The van der Waals surface area contributed by atoms with Crippen molar-refractivity contribution in [3.05, 3.63) is 81.8 Å². The topological polar surface area (TPSA) is 51.2 Å². The Balaban J connectivity index is 1.98. The summed E-state index contributed by atoms with van der Waals surface area (Å²) in [6.45, 7) is 1.98. The van der Waals surface area contributed by atoms with Gasteiger partial charge in [-0.2, -0.15) is 0 Å². The molecule has 122 valence electrons. The van der Waals surface area contributed by atoms with Gasteiger partial charge in [0.25, 0.3) is 5.91 Å². The van der Waals surface area contributed by atoms with Crippen LogP contribution in [0.4, 0.5) is 0 Å². The molecule has 0 saturated heterocycles. The Kier molecular flexibility index (Phi) is 4.91. The maximum absolute atomic E-state index is 12.6. The molecule has 0 radical (unpaired) electrons. The van der Waals surface area contributed by atoms with Gasteiger partial charge in [-0.1, -0.05) is 24.3 Å². The Labute approximate surface area is 145 Å². The first kappa shape index (κ1) is 16.2. The molecule has 0 spiro atoms. The summed E-state index contributed by atoms with van der Waals surface area (Å²) in [6, 6.07) is 16.7. The first-order valence-corrected chi connectivity index (χ1v) is 8.42. The highest BCUT2D eigenvalue weighted by molar-refractivity contribution is 7.13. The maximum Gasteiger partial charge on any atom is 0.262 e. The van der Waals surface area contributed by atoms with Gasteiger partial charge in [-0.3, -0.25) is 9.78 Å². The molecular weight excluding hydrogens is 320 g/mol. The quantitative estimate of drug-likeness (QED) is 0.765. The number of aromatic nitrogens is 1. The molecule has 1 amide bonds. The Morgan fingerprint density at radius 1 is 1.12 bits per heavy atom. The van der Waals surface area contributed by atoms with E-state index in [4.69, 9.17) is 4.74 Å². The number of carbonyl (C=O) groups is 1. The van der Waals surface area contributed by atoms with Crippen LogP contribution in [0.25, 0.3) is 0 Å². The van der Waals surface area contributed by atoms with Gasteiger partial charge < -0.3 is 10.1 Å². The standard InChI is InChI=1S/C19H18N2O2S/c1-13-10-11-17(24-13)19(22)21-18(15-8-5-6-12-20-15)14-7-3-4-9-16(14)23-2/h3-12,18H,1-2H3,(H,21,22)/t18-/m1/s1. The van der Waals surface area contributed by atoms with E-state index in [1.807, 2.05) is 61.5 Å². The second-order valence-corrected chi connectivity index (χ2v) is 6.60. The van der Waals surface area contributed by atoms with Gasteiger partial charge in [0.15, 0.2) is 0 Å². The number of thiophene rings is 1. The van der Waals surface area contributed by atoms with Crippen molar-refractivity contribution in [1.29, 1.82) is 0 Å². The SMILES string of the molecule is COc1ccccc1[C@@H](NC(=O)c1ccc(C)s1)c1ccccn1. The van der Waals surface area contributed by atoms with Crippen molar-refractivity contribution in [3.8, 4) is 5.75 Å². The van der Waals surface area contributed by atoms with Gasteiger partial charge in [-0.25, -0.2) is 0 Å². The van der Waals surface area contributed by atoms with Crippen LogP contribution < -0.4 is 10.1 Å². The lowest BCUT2D eigenvalue weighted by molar-refractivity contribution is 0.0946. The number of para-hydroxylation sites is 1. The third-order valence-corrected chi connectivity index (χ3v) is 4.67. The normalized spacial score (nSPS) is 11.8. The molecule has 0 unspecified atom stereocenters. The second kappa shape index (κ2) is 7.27. The van der Waals surface area contributed by atoms with Crippen LogP contribution in [0, 0.1) is 6.92 Å². The number of methoxy groups -OCH3 is 1. The molecule has 0 saturated carbocycles.